The van der Waals surface area contributed by atoms with Gasteiger partial charge in [-0.05, 0) is 19.0 Å². The first-order valence-corrected chi connectivity index (χ1v) is 4.90. The highest BCUT2D eigenvalue weighted by molar-refractivity contribution is 5.14. The topological polar surface area (TPSA) is 3.24 Å². The van der Waals surface area contributed by atoms with E-state index in [0.29, 0.717) is 0 Å². The molecule has 0 amide bonds. The van der Waals surface area contributed by atoms with E-state index in [4.69, 9.17) is 0 Å². The highest BCUT2D eigenvalue weighted by Gasteiger charge is 1.98. The van der Waals surface area contributed by atoms with Gasteiger partial charge in [-0.15, -0.1) is 0 Å². The lowest BCUT2D eigenvalue weighted by atomic mass is 10.2. The number of nitrogens with zero attached hydrogens (tertiary/aromatic N) is 1. The van der Waals surface area contributed by atoms with Crippen molar-refractivity contribution in [2.75, 3.05) is 7.05 Å². The minimum Gasteiger partial charge on any atom is -0.298 e. The number of hydrogen-bond donors (Lipinski definition) is 0. The molecular weight excluding hydrogens is 158 g/mol. The van der Waals surface area contributed by atoms with Crippen LogP contribution in [0.1, 0.15) is 25.3 Å². The number of hydrogen-bond acceptors (Lipinski definition) is 1. The van der Waals surface area contributed by atoms with E-state index in [1.807, 2.05) is 0 Å². The summed E-state index contributed by atoms with van der Waals surface area (Å²) in [6.07, 6.45) is 2.39. The fourth-order valence-corrected chi connectivity index (χ4v) is 1.29. The predicted molar refractivity (Wildman–Crippen MR) is 57.1 cm³/mol. The van der Waals surface area contributed by atoms with Gasteiger partial charge in [0.15, 0.2) is 0 Å². The Hall–Kier alpha value is -0.820. The van der Waals surface area contributed by atoms with Gasteiger partial charge in [0.05, 0.1) is 0 Å². The minimum absolute atomic E-state index is 1.01. The summed E-state index contributed by atoms with van der Waals surface area (Å²) in [4.78, 5) is 2.25. The third-order valence-electron chi connectivity index (χ3n) is 2.00. The first-order valence-electron chi connectivity index (χ1n) is 4.90. The molecule has 1 rings (SSSR count). The Bertz CT molecular complexity index is 218. The van der Waals surface area contributed by atoms with Gasteiger partial charge in [-0.3, -0.25) is 4.90 Å². The minimum atomic E-state index is 1.01. The zero-order chi connectivity index (χ0) is 9.52. The average Bonchev–Trinajstić information content (AvgIpc) is 2.16. The van der Waals surface area contributed by atoms with Crippen LogP contribution in [-0.4, -0.2) is 11.9 Å². The maximum absolute atomic E-state index is 2.26. The Morgan fingerprint density at radius 3 is 2.54 bits per heavy atom. The van der Waals surface area contributed by atoms with Gasteiger partial charge in [0.25, 0.3) is 0 Å². The van der Waals surface area contributed by atoms with Crippen LogP contribution in [0.5, 0.6) is 0 Å². The highest BCUT2D eigenvalue weighted by Crippen LogP contribution is 2.05. The van der Waals surface area contributed by atoms with Crippen molar-refractivity contribution in [3.05, 3.63) is 42.4 Å². The monoisotopic (exact) mass is 176 g/mol. The smallest absolute Gasteiger partial charge is 0.0251 e. The normalized spacial score (nSPS) is 10.7. The van der Waals surface area contributed by atoms with Crippen LogP contribution in [0.25, 0.3) is 0 Å². The molecule has 1 heteroatoms. The van der Waals surface area contributed by atoms with Crippen molar-refractivity contribution in [2.45, 2.75) is 26.3 Å². The van der Waals surface area contributed by atoms with E-state index < -0.39 is 0 Å². The maximum atomic E-state index is 2.26. The molecule has 0 unspecified atom stereocenters. The van der Waals surface area contributed by atoms with Crippen molar-refractivity contribution in [3.8, 4) is 0 Å². The van der Waals surface area contributed by atoms with E-state index >= 15 is 0 Å². The van der Waals surface area contributed by atoms with Crippen LogP contribution in [-0.2, 0) is 6.54 Å². The van der Waals surface area contributed by atoms with E-state index in [9.17, 15) is 0 Å². The van der Waals surface area contributed by atoms with Crippen molar-refractivity contribution < 1.29 is 0 Å². The number of unbranched alkanes of at least 4 members (excludes halogenated alkanes) is 1. The summed E-state index contributed by atoms with van der Waals surface area (Å²) in [6, 6.07) is 10.6. The molecule has 0 saturated heterocycles. The lowest BCUT2D eigenvalue weighted by molar-refractivity contribution is 0.384. The Morgan fingerprint density at radius 2 is 1.92 bits per heavy atom. The molecule has 0 N–H and O–H groups in total. The summed E-state index contributed by atoms with van der Waals surface area (Å²) in [7, 11) is 2.13. The van der Waals surface area contributed by atoms with Crippen LogP contribution < -0.4 is 0 Å². The fraction of sp³-hybridized carbons (Fsp3) is 0.417. The molecule has 1 aromatic rings. The SMILES string of the molecule is CCC[CH]N(C)Cc1ccccc1. The van der Waals surface area contributed by atoms with Crippen molar-refractivity contribution in [3.63, 3.8) is 0 Å². The molecule has 0 atom stereocenters. The van der Waals surface area contributed by atoms with Crippen LogP contribution in [0.4, 0.5) is 0 Å². The first-order chi connectivity index (χ1) is 6.33. The van der Waals surface area contributed by atoms with Gasteiger partial charge < -0.3 is 0 Å². The molecule has 0 heterocycles. The van der Waals surface area contributed by atoms with Gasteiger partial charge in [-0.1, -0.05) is 43.7 Å². The molecule has 71 valence electrons. The predicted octanol–water partition coefficient (Wildman–Crippen LogP) is 3.08. The van der Waals surface area contributed by atoms with E-state index in [1.165, 1.54) is 18.4 Å². The Labute approximate surface area is 81.4 Å². The second-order valence-corrected chi connectivity index (χ2v) is 3.37. The molecule has 0 bridgehead atoms. The molecule has 0 aromatic heterocycles. The quantitative estimate of drug-likeness (QED) is 0.666. The van der Waals surface area contributed by atoms with Crippen LogP contribution >= 0.6 is 0 Å². The highest BCUT2D eigenvalue weighted by atomic mass is 15.1. The van der Waals surface area contributed by atoms with Gasteiger partial charge in [-0.2, -0.15) is 0 Å². The van der Waals surface area contributed by atoms with Crippen molar-refractivity contribution in [1.82, 2.24) is 4.90 Å². The molecule has 1 radical (unpaired) electrons. The maximum Gasteiger partial charge on any atom is 0.0251 e. The number of benzene rings is 1. The summed E-state index contributed by atoms with van der Waals surface area (Å²) >= 11 is 0. The summed E-state index contributed by atoms with van der Waals surface area (Å²) in [5.74, 6) is 0. The van der Waals surface area contributed by atoms with E-state index in [2.05, 4.69) is 55.7 Å². The van der Waals surface area contributed by atoms with Crippen LogP contribution in [0.3, 0.4) is 0 Å². The Balaban J connectivity index is 2.32. The van der Waals surface area contributed by atoms with E-state index in [0.717, 1.165) is 6.54 Å². The molecule has 13 heavy (non-hydrogen) atoms. The summed E-state index contributed by atoms with van der Waals surface area (Å²) in [6.45, 7) is 5.47. The van der Waals surface area contributed by atoms with Gasteiger partial charge in [-0.25, -0.2) is 0 Å². The molecule has 1 nitrogen and oxygen atoms in total. The summed E-state index contributed by atoms with van der Waals surface area (Å²) in [5.41, 5.74) is 1.37. The van der Waals surface area contributed by atoms with Crippen molar-refractivity contribution in [2.24, 2.45) is 0 Å². The molecule has 0 aliphatic rings. The molecule has 0 saturated carbocycles. The number of rotatable bonds is 5. The first kappa shape index (κ1) is 10.3. The molecule has 0 aliphatic carbocycles. The van der Waals surface area contributed by atoms with Gasteiger partial charge in [0.2, 0.25) is 0 Å². The van der Waals surface area contributed by atoms with Gasteiger partial charge >= 0.3 is 0 Å². The van der Waals surface area contributed by atoms with Crippen molar-refractivity contribution in [1.29, 1.82) is 0 Å². The van der Waals surface area contributed by atoms with Gasteiger partial charge in [0.1, 0.15) is 0 Å². The molecule has 0 aliphatic heterocycles. The summed E-state index contributed by atoms with van der Waals surface area (Å²) in [5, 5.41) is 0. The molecular formula is C12H18N. The zero-order valence-corrected chi connectivity index (χ0v) is 8.53. The fourth-order valence-electron chi connectivity index (χ4n) is 1.29. The lowest BCUT2D eigenvalue weighted by Gasteiger charge is -2.15. The molecule has 1 aromatic carbocycles. The Morgan fingerprint density at radius 1 is 1.23 bits per heavy atom. The molecule has 0 spiro atoms. The Kier molecular flexibility index (Phi) is 4.55. The van der Waals surface area contributed by atoms with Crippen molar-refractivity contribution >= 4 is 0 Å². The van der Waals surface area contributed by atoms with E-state index in [1.54, 1.807) is 0 Å². The second-order valence-electron chi connectivity index (χ2n) is 3.37. The largest absolute Gasteiger partial charge is 0.298 e. The standard InChI is InChI=1S/C12H18N/c1-3-4-10-13(2)11-12-8-6-5-7-9-12/h5-10H,3-4,11H2,1-2H3. The van der Waals surface area contributed by atoms with Gasteiger partial charge in [0, 0.05) is 13.1 Å². The van der Waals surface area contributed by atoms with E-state index in [-0.39, 0.29) is 0 Å². The third kappa shape index (κ3) is 4.09. The zero-order valence-electron chi connectivity index (χ0n) is 8.53. The van der Waals surface area contributed by atoms with Crippen LogP contribution in [0.2, 0.25) is 0 Å². The van der Waals surface area contributed by atoms with Crippen LogP contribution in [0.15, 0.2) is 30.3 Å². The average molecular weight is 176 g/mol. The summed E-state index contributed by atoms with van der Waals surface area (Å²) < 4.78 is 0. The third-order valence-corrected chi connectivity index (χ3v) is 2.00. The van der Waals surface area contributed by atoms with Crippen LogP contribution in [0, 0.1) is 6.54 Å². The lowest BCUT2D eigenvalue weighted by Crippen LogP contribution is -2.13. The second kappa shape index (κ2) is 5.76. The molecule has 0 fully saturated rings.